The van der Waals surface area contributed by atoms with E-state index in [1.165, 1.54) is 12.3 Å². The molecule has 0 aliphatic rings. The van der Waals surface area contributed by atoms with Crippen LogP contribution in [0, 0.1) is 11.3 Å². The van der Waals surface area contributed by atoms with Crippen LogP contribution in [0.1, 0.15) is 16.1 Å². The molecule has 1 heterocycles. The summed E-state index contributed by atoms with van der Waals surface area (Å²) in [7, 11) is 0. The molecule has 0 amide bonds. The molecule has 1 N–H and O–H groups in total. The monoisotopic (exact) mass is 240 g/mol. The number of aromatic nitrogens is 1. The zero-order chi connectivity index (χ0) is 13.0. The van der Waals surface area contributed by atoms with E-state index in [4.69, 9.17) is 15.1 Å². The van der Waals surface area contributed by atoms with Crippen molar-refractivity contribution in [2.24, 2.45) is 0 Å². The minimum absolute atomic E-state index is 0.0936. The number of benzene rings is 1. The molecule has 18 heavy (non-hydrogen) atoms. The van der Waals surface area contributed by atoms with Crippen LogP contribution in [0.4, 0.5) is 0 Å². The van der Waals surface area contributed by atoms with Gasteiger partial charge in [0.1, 0.15) is 11.5 Å². The SMILES string of the molecule is N#Cc1cccc(Oc2ccnc(C(=O)O)c2)c1. The van der Waals surface area contributed by atoms with Crippen LogP contribution in [0.25, 0.3) is 0 Å². The Labute approximate surface area is 103 Å². The van der Waals surface area contributed by atoms with Crippen molar-refractivity contribution in [2.75, 3.05) is 0 Å². The third-order valence-electron chi connectivity index (χ3n) is 2.15. The van der Waals surface area contributed by atoms with Crippen molar-refractivity contribution in [3.8, 4) is 17.6 Å². The Balaban J connectivity index is 2.26. The second-order valence-corrected chi connectivity index (χ2v) is 3.42. The number of pyridine rings is 1. The highest BCUT2D eigenvalue weighted by atomic mass is 16.5. The molecule has 5 heteroatoms. The first-order chi connectivity index (χ1) is 8.69. The number of nitriles is 1. The molecule has 1 aromatic carbocycles. The van der Waals surface area contributed by atoms with Crippen LogP contribution in [-0.2, 0) is 0 Å². The standard InChI is InChI=1S/C13H8N2O3/c14-8-9-2-1-3-10(6-9)18-11-4-5-15-12(7-11)13(16)17/h1-7H,(H,16,17). The van der Waals surface area contributed by atoms with Crippen molar-refractivity contribution < 1.29 is 14.6 Å². The first kappa shape index (κ1) is 11.6. The zero-order valence-electron chi connectivity index (χ0n) is 9.20. The normalized spacial score (nSPS) is 9.50. The van der Waals surface area contributed by atoms with Gasteiger partial charge in [-0.2, -0.15) is 5.26 Å². The van der Waals surface area contributed by atoms with Gasteiger partial charge in [0.05, 0.1) is 11.6 Å². The largest absolute Gasteiger partial charge is 0.477 e. The topological polar surface area (TPSA) is 83.2 Å². The maximum atomic E-state index is 10.7. The van der Waals surface area contributed by atoms with Crippen LogP contribution in [0.5, 0.6) is 11.5 Å². The number of nitrogens with zero attached hydrogens (tertiary/aromatic N) is 2. The van der Waals surface area contributed by atoms with Gasteiger partial charge in [-0.05, 0) is 24.3 Å². The number of hydrogen-bond donors (Lipinski definition) is 1. The predicted octanol–water partition coefficient (Wildman–Crippen LogP) is 2.44. The molecule has 0 saturated carbocycles. The Bertz CT molecular complexity index is 632. The Kier molecular flexibility index (Phi) is 3.21. The van der Waals surface area contributed by atoms with E-state index in [0.29, 0.717) is 17.1 Å². The molecule has 0 radical (unpaired) electrons. The number of ether oxygens (including phenoxy) is 1. The lowest BCUT2D eigenvalue weighted by atomic mass is 10.2. The Morgan fingerprint density at radius 3 is 2.78 bits per heavy atom. The summed E-state index contributed by atoms with van der Waals surface area (Å²) in [6.45, 7) is 0. The molecule has 0 spiro atoms. The molecule has 0 aliphatic carbocycles. The third kappa shape index (κ3) is 2.62. The van der Waals surface area contributed by atoms with Crippen molar-refractivity contribution >= 4 is 5.97 Å². The number of carboxylic acid groups (broad SMARTS) is 1. The van der Waals surface area contributed by atoms with E-state index in [-0.39, 0.29) is 5.69 Å². The van der Waals surface area contributed by atoms with Gasteiger partial charge in [-0.3, -0.25) is 0 Å². The van der Waals surface area contributed by atoms with E-state index >= 15 is 0 Å². The van der Waals surface area contributed by atoms with Crippen LogP contribution in [0.3, 0.4) is 0 Å². The molecule has 5 nitrogen and oxygen atoms in total. The molecule has 2 rings (SSSR count). The first-order valence-electron chi connectivity index (χ1n) is 5.06. The van der Waals surface area contributed by atoms with E-state index in [2.05, 4.69) is 4.98 Å². The van der Waals surface area contributed by atoms with Gasteiger partial charge in [0.15, 0.2) is 5.69 Å². The lowest BCUT2D eigenvalue weighted by molar-refractivity contribution is 0.0690. The van der Waals surface area contributed by atoms with Gasteiger partial charge in [0.25, 0.3) is 0 Å². The van der Waals surface area contributed by atoms with Crippen LogP contribution in [0.15, 0.2) is 42.6 Å². The maximum absolute atomic E-state index is 10.7. The van der Waals surface area contributed by atoms with E-state index in [1.54, 1.807) is 30.3 Å². The van der Waals surface area contributed by atoms with Gasteiger partial charge in [0, 0.05) is 12.3 Å². The van der Waals surface area contributed by atoms with Crippen molar-refractivity contribution in [3.63, 3.8) is 0 Å². The van der Waals surface area contributed by atoms with E-state index in [9.17, 15) is 4.79 Å². The van der Waals surface area contributed by atoms with Gasteiger partial charge in [-0.15, -0.1) is 0 Å². The fourth-order valence-electron chi connectivity index (χ4n) is 1.36. The number of hydrogen-bond acceptors (Lipinski definition) is 4. The molecule has 0 fully saturated rings. The smallest absolute Gasteiger partial charge is 0.354 e. The molecule has 0 bridgehead atoms. The molecular formula is C13H8N2O3. The summed E-state index contributed by atoms with van der Waals surface area (Å²) < 4.78 is 5.46. The average molecular weight is 240 g/mol. The van der Waals surface area contributed by atoms with E-state index in [0.717, 1.165) is 0 Å². The number of aromatic carboxylic acids is 1. The maximum Gasteiger partial charge on any atom is 0.354 e. The van der Waals surface area contributed by atoms with E-state index < -0.39 is 5.97 Å². The van der Waals surface area contributed by atoms with Gasteiger partial charge in [-0.25, -0.2) is 9.78 Å². The fraction of sp³-hybridized carbons (Fsp3) is 0. The Morgan fingerprint density at radius 2 is 2.06 bits per heavy atom. The van der Waals surface area contributed by atoms with Gasteiger partial charge in [0.2, 0.25) is 0 Å². The van der Waals surface area contributed by atoms with E-state index in [1.807, 2.05) is 6.07 Å². The molecule has 0 atom stereocenters. The number of rotatable bonds is 3. The minimum Gasteiger partial charge on any atom is -0.477 e. The third-order valence-corrected chi connectivity index (χ3v) is 2.15. The van der Waals surface area contributed by atoms with Crippen LogP contribution in [-0.4, -0.2) is 16.1 Å². The van der Waals surface area contributed by atoms with Crippen molar-refractivity contribution in [1.82, 2.24) is 4.98 Å². The number of carbonyl (C=O) groups is 1. The molecule has 0 unspecified atom stereocenters. The summed E-state index contributed by atoms with van der Waals surface area (Å²) >= 11 is 0. The van der Waals surface area contributed by atoms with Gasteiger partial charge < -0.3 is 9.84 Å². The highest BCUT2D eigenvalue weighted by Crippen LogP contribution is 2.22. The summed E-state index contributed by atoms with van der Waals surface area (Å²) in [6, 6.07) is 11.5. The Morgan fingerprint density at radius 1 is 1.28 bits per heavy atom. The minimum atomic E-state index is -1.12. The molecule has 0 aliphatic heterocycles. The molecule has 2 aromatic rings. The summed E-state index contributed by atoms with van der Waals surface area (Å²) in [6.07, 6.45) is 1.35. The van der Waals surface area contributed by atoms with Crippen LogP contribution < -0.4 is 4.74 Å². The highest BCUT2D eigenvalue weighted by molar-refractivity contribution is 5.85. The summed E-state index contributed by atoms with van der Waals surface area (Å²) in [4.78, 5) is 14.4. The van der Waals surface area contributed by atoms with Crippen molar-refractivity contribution in [3.05, 3.63) is 53.9 Å². The predicted molar refractivity (Wildman–Crippen MR) is 62.4 cm³/mol. The molecule has 88 valence electrons. The average Bonchev–Trinajstić information content (AvgIpc) is 2.39. The zero-order valence-corrected chi connectivity index (χ0v) is 9.20. The first-order valence-corrected chi connectivity index (χ1v) is 5.06. The quantitative estimate of drug-likeness (QED) is 0.890. The summed E-state index contributed by atoms with van der Waals surface area (Å²) in [5.41, 5.74) is 0.379. The molecular weight excluding hydrogens is 232 g/mol. The number of carboxylic acids is 1. The summed E-state index contributed by atoms with van der Waals surface area (Å²) in [5, 5.41) is 17.5. The summed E-state index contributed by atoms with van der Waals surface area (Å²) in [5.74, 6) is -0.291. The fourth-order valence-corrected chi connectivity index (χ4v) is 1.36. The van der Waals surface area contributed by atoms with Crippen molar-refractivity contribution in [1.29, 1.82) is 5.26 Å². The second-order valence-electron chi connectivity index (χ2n) is 3.42. The van der Waals surface area contributed by atoms with Crippen LogP contribution in [0.2, 0.25) is 0 Å². The highest BCUT2D eigenvalue weighted by Gasteiger charge is 2.06. The van der Waals surface area contributed by atoms with Crippen molar-refractivity contribution in [2.45, 2.75) is 0 Å². The second kappa shape index (κ2) is 4.97. The van der Waals surface area contributed by atoms with Gasteiger partial charge >= 0.3 is 5.97 Å². The van der Waals surface area contributed by atoms with Gasteiger partial charge in [-0.1, -0.05) is 6.07 Å². The molecule has 0 saturated heterocycles. The Hall–Kier alpha value is -2.87. The molecule has 1 aromatic heterocycles. The lowest BCUT2D eigenvalue weighted by Crippen LogP contribution is -1.99. The lowest BCUT2D eigenvalue weighted by Gasteiger charge is -2.05. The van der Waals surface area contributed by atoms with Crippen LogP contribution >= 0.6 is 0 Å².